The topological polar surface area (TPSA) is 41.6 Å². The third-order valence-corrected chi connectivity index (χ3v) is 3.84. The van der Waals surface area contributed by atoms with Gasteiger partial charge in [-0.2, -0.15) is 0 Å². The first-order chi connectivity index (χ1) is 9.60. The monoisotopic (exact) mass is 312 g/mol. The molecule has 1 amide bonds. The first-order valence-electron chi connectivity index (χ1n) is 7.18. The average molecular weight is 313 g/mol. The number of hydrogen-bond donors (Lipinski definition) is 1. The number of hydrogen-bond acceptors (Lipinski definition) is 3. The molecule has 2 rings (SSSR count). The number of benzene rings is 1. The summed E-state index contributed by atoms with van der Waals surface area (Å²) >= 11 is 0. The molecule has 1 unspecified atom stereocenters. The van der Waals surface area contributed by atoms with Crippen LogP contribution in [0.25, 0.3) is 0 Å². The number of halogens is 1. The van der Waals surface area contributed by atoms with E-state index in [1.54, 1.807) is 7.11 Å². The van der Waals surface area contributed by atoms with Crippen molar-refractivity contribution in [3.63, 3.8) is 0 Å². The van der Waals surface area contributed by atoms with E-state index in [4.69, 9.17) is 4.74 Å². The molecular weight excluding hydrogens is 288 g/mol. The lowest BCUT2D eigenvalue weighted by Gasteiger charge is -2.31. The van der Waals surface area contributed by atoms with Crippen LogP contribution in [0.5, 0.6) is 5.75 Å². The highest BCUT2D eigenvalue weighted by Gasteiger charge is 2.27. The zero-order chi connectivity index (χ0) is 14.5. The number of methoxy groups -OCH3 is 1. The van der Waals surface area contributed by atoms with Gasteiger partial charge in [0.15, 0.2) is 0 Å². The fourth-order valence-electron chi connectivity index (χ4n) is 2.56. The third-order valence-electron chi connectivity index (χ3n) is 3.84. The van der Waals surface area contributed by atoms with Gasteiger partial charge in [0.05, 0.1) is 13.0 Å². The average Bonchev–Trinajstić information content (AvgIpc) is 2.37. The number of nitrogens with zero attached hydrogens (tertiary/aromatic N) is 1. The van der Waals surface area contributed by atoms with Crippen LogP contribution in [0.2, 0.25) is 0 Å². The van der Waals surface area contributed by atoms with Crippen molar-refractivity contribution in [3.05, 3.63) is 29.8 Å². The molecule has 21 heavy (non-hydrogen) atoms. The molecule has 1 fully saturated rings. The Kier molecular flexibility index (Phi) is 6.99. The molecule has 1 atom stereocenters. The van der Waals surface area contributed by atoms with Crippen LogP contribution in [0, 0.1) is 11.8 Å². The second-order valence-corrected chi connectivity index (χ2v) is 5.73. The molecule has 0 bridgehead atoms. The van der Waals surface area contributed by atoms with E-state index in [9.17, 15) is 4.79 Å². The first-order valence-corrected chi connectivity index (χ1v) is 7.18. The van der Waals surface area contributed by atoms with Crippen LogP contribution in [0.1, 0.15) is 12.5 Å². The normalized spacial score (nSPS) is 15.6. The molecule has 1 aromatic carbocycles. The predicted octanol–water partition coefficient (Wildman–Crippen LogP) is 1.97. The van der Waals surface area contributed by atoms with Crippen LogP contribution in [0.15, 0.2) is 24.3 Å². The van der Waals surface area contributed by atoms with Gasteiger partial charge in [-0.3, -0.25) is 4.79 Å². The summed E-state index contributed by atoms with van der Waals surface area (Å²) in [5.74, 6) is 1.79. The molecule has 0 aliphatic carbocycles. The standard InChI is InChI=1S/C16H24N2O2.ClH/c1-12(8-13-4-6-15(20-3)7-5-13)11-18(2)16(19)14-9-17-10-14;/h4-7,12,14,17H,8-11H2,1-3H3;1H. The van der Waals surface area contributed by atoms with Gasteiger partial charge < -0.3 is 15.0 Å². The van der Waals surface area contributed by atoms with Gasteiger partial charge >= 0.3 is 0 Å². The number of amides is 1. The summed E-state index contributed by atoms with van der Waals surface area (Å²) in [5, 5.41) is 3.14. The number of nitrogens with one attached hydrogen (secondary N) is 1. The molecule has 0 aromatic heterocycles. The Morgan fingerprint density at radius 2 is 2.00 bits per heavy atom. The van der Waals surface area contributed by atoms with Gasteiger partial charge in [-0.15, -0.1) is 12.4 Å². The van der Waals surface area contributed by atoms with Crippen LogP contribution < -0.4 is 10.1 Å². The quantitative estimate of drug-likeness (QED) is 0.873. The molecule has 1 saturated heterocycles. The highest BCUT2D eigenvalue weighted by Crippen LogP contribution is 2.16. The van der Waals surface area contributed by atoms with Gasteiger partial charge in [-0.1, -0.05) is 19.1 Å². The molecule has 0 radical (unpaired) electrons. The Balaban J connectivity index is 0.00000220. The van der Waals surface area contributed by atoms with Crippen molar-refractivity contribution in [1.29, 1.82) is 0 Å². The summed E-state index contributed by atoms with van der Waals surface area (Å²) in [6.45, 7) is 4.65. The Morgan fingerprint density at radius 1 is 1.38 bits per heavy atom. The van der Waals surface area contributed by atoms with E-state index in [0.717, 1.165) is 31.8 Å². The van der Waals surface area contributed by atoms with Gasteiger partial charge in [0, 0.05) is 26.7 Å². The van der Waals surface area contributed by atoms with Crippen molar-refractivity contribution in [2.45, 2.75) is 13.3 Å². The smallest absolute Gasteiger partial charge is 0.228 e. The van der Waals surface area contributed by atoms with E-state index < -0.39 is 0 Å². The SMILES string of the molecule is COc1ccc(CC(C)CN(C)C(=O)C2CNC2)cc1.Cl. The number of carbonyl (C=O) groups excluding carboxylic acids is 1. The summed E-state index contributed by atoms with van der Waals surface area (Å²) in [7, 11) is 3.58. The highest BCUT2D eigenvalue weighted by atomic mass is 35.5. The van der Waals surface area contributed by atoms with E-state index in [-0.39, 0.29) is 24.2 Å². The minimum atomic E-state index is 0. The molecular formula is C16H25ClN2O2. The van der Waals surface area contributed by atoms with Gasteiger partial charge in [-0.05, 0) is 30.0 Å². The maximum atomic E-state index is 12.1. The summed E-state index contributed by atoms with van der Waals surface area (Å²) in [4.78, 5) is 13.9. The number of rotatable bonds is 6. The minimum absolute atomic E-state index is 0. The van der Waals surface area contributed by atoms with Gasteiger partial charge in [0.25, 0.3) is 0 Å². The zero-order valence-corrected chi connectivity index (χ0v) is 13.8. The van der Waals surface area contributed by atoms with E-state index in [2.05, 4.69) is 24.4 Å². The maximum Gasteiger partial charge on any atom is 0.228 e. The van der Waals surface area contributed by atoms with Crippen molar-refractivity contribution in [1.82, 2.24) is 10.2 Å². The molecule has 1 aromatic rings. The van der Waals surface area contributed by atoms with Crippen LogP contribution >= 0.6 is 12.4 Å². The predicted molar refractivity (Wildman–Crippen MR) is 87.1 cm³/mol. The van der Waals surface area contributed by atoms with Crippen molar-refractivity contribution >= 4 is 18.3 Å². The van der Waals surface area contributed by atoms with Gasteiger partial charge in [0.2, 0.25) is 5.91 Å². The molecule has 1 heterocycles. The fraction of sp³-hybridized carbons (Fsp3) is 0.562. The summed E-state index contributed by atoms with van der Waals surface area (Å²) in [6, 6.07) is 8.15. The molecule has 0 spiro atoms. The molecule has 0 saturated carbocycles. The van der Waals surface area contributed by atoms with Crippen molar-refractivity contribution < 1.29 is 9.53 Å². The summed E-state index contributed by atoms with van der Waals surface area (Å²) in [6.07, 6.45) is 0.977. The Morgan fingerprint density at radius 3 is 2.48 bits per heavy atom. The molecule has 1 N–H and O–H groups in total. The fourth-order valence-corrected chi connectivity index (χ4v) is 2.56. The molecule has 4 nitrogen and oxygen atoms in total. The lowest BCUT2D eigenvalue weighted by molar-refractivity contribution is -0.136. The molecule has 1 aliphatic heterocycles. The van der Waals surface area contributed by atoms with Crippen LogP contribution in [0.3, 0.4) is 0 Å². The van der Waals surface area contributed by atoms with E-state index >= 15 is 0 Å². The second kappa shape index (κ2) is 8.25. The second-order valence-electron chi connectivity index (χ2n) is 5.73. The van der Waals surface area contributed by atoms with Gasteiger partial charge in [-0.25, -0.2) is 0 Å². The van der Waals surface area contributed by atoms with Gasteiger partial charge in [0.1, 0.15) is 5.75 Å². The van der Waals surface area contributed by atoms with Crippen LogP contribution in [-0.4, -0.2) is 44.6 Å². The zero-order valence-electron chi connectivity index (χ0n) is 13.0. The Bertz CT molecular complexity index is 446. The van der Waals surface area contributed by atoms with E-state index in [1.807, 2.05) is 24.1 Å². The largest absolute Gasteiger partial charge is 0.497 e. The number of ether oxygens (including phenoxy) is 1. The Hall–Kier alpha value is -1.26. The van der Waals surface area contributed by atoms with Crippen molar-refractivity contribution in [3.8, 4) is 5.75 Å². The van der Waals surface area contributed by atoms with Crippen molar-refractivity contribution in [2.75, 3.05) is 33.8 Å². The summed E-state index contributed by atoms with van der Waals surface area (Å²) in [5.41, 5.74) is 1.28. The third kappa shape index (κ3) is 4.90. The van der Waals surface area contributed by atoms with E-state index in [0.29, 0.717) is 5.92 Å². The van der Waals surface area contributed by atoms with Crippen molar-refractivity contribution in [2.24, 2.45) is 11.8 Å². The maximum absolute atomic E-state index is 12.1. The lowest BCUT2D eigenvalue weighted by Crippen LogP contribution is -2.51. The van der Waals surface area contributed by atoms with Crippen LogP contribution in [0.4, 0.5) is 0 Å². The molecule has 1 aliphatic rings. The first kappa shape index (κ1) is 17.8. The summed E-state index contributed by atoms with van der Waals surface area (Å²) < 4.78 is 5.16. The Labute approximate surface area is 133 Å². The lowest BCUT2D eigenvalue weighted by atomic mass is 9.98. The minimum Gasteiger partial charge on any atom is -0.497 e. The highest BCUT2D eigenvalue weighted by molar-refractivity contribution is 5.85. The van der Waals surface area contributed by atoms with Crippen LogP contribution in [-0.2, 0) is 11.2 Å². The molecule has 118 valence electrons. The number of carbonyl (C=O) groups is 1. The molecule has 5 heteroatoms. The van der Waals surface area contributed by atoms with E-state index in [1.165, 1.54) is 5.56 Å².